The van der Waals surface area contributed by atoms with Crippen molar-refractivity contribution >= 4 is 0 Å². The highest BCUT2D eigenvalue weighted by molar-refractivity contribution is 5.35. The summed E-state index contributed by atoms with van der Waals surface area (Å²) < 4.78 is 18.0. The minimum absolute atomic E-state index is 0.0248. The van der Waals surface area contributed by atoms with Gasteiger partial charge in [-0.1, -0.05) is 6.92 Å². The lowest BCUT2D eigenvalue weighted by atomic mass is 9.43. The van der Waals surface area contributed by atoms with Gasteiger partial charge in [0.25, 0.3) is 0 Å². The zero-order valence-corrected chi connectivity index (χ0v) is 19.2. The van der Waals surface area contributed by atoms with E-state index in [4.69, 9.17) is 14.2 Å². The Bertz CT molecular complexity index is 752. The molecule has 0 radical (unpaired) electrons. The van der Waals surface area contributed by atoms with Crippen molar-refractivity contribution in [3.63, 3.8) is 0 Å². The zero-order valence-electron chi connectivity index (χ0n) is 19.2. The van der Waals surface area contributed by atoms with E-state index < -0.39 is 17.8 Å². The Hall–Kier alpha value is -0.280. The molecule has 0 aromatic rings. The highest BCUT2D eigenvalue weighted by atomic mass is 16.5. The third-order valence-corrected chi connectivity index (χ3v) is 11.1. The third kappa shape index (κ3) is 2.12. The van der Waals surface area contributed by atoms with Crippen LogP contribution in [0, 0.1) is 40.4 Å². The maximum absolute atomic E-state index is 12.5. The van der Waals surface area contributed by atoms with Gasteiger partial charge in [0, 0.05) is 74.8 Å². The van der Waals surface area contributed by atoms with Crippen LogP contribution in [-0.2, 0) is 14.2 Å². The van der Waals surface area contributed by atoms with Gasteiger partial charge in [-0.15, -0.1) is 0 Å². The summed E-state index contributed by atoms with van der Waals surface area (Å²) in [6.45, 7) is 4.63. The van der Waals surface area contributed by atoms with E-state index in [-0.39, 0.29) is 58.7 Å². The van der Waals surface area contributed by atoms with Crippen LogP contribution in [0.1, 0.15) is 32.6 Å². The van der Waals surface area contributed by atoms with Gasteiger partial charge in [0.2, 0.25) is 0 Å². The Balaban J connectivity index is 1.62. The average Bonchev–Trinajstić information content (AvgIpc) is 3.16. The number of rotatable bonds is 5. The SMILES string of the molecule is CCN1C[C@]2(COC)CC[C@H](O)[C@@]34[C@@H]5C[C@H]6[C@H](O)[C@@H]5[C@](O)(C[C@@H]6OC)[C@@H]([C@@H](OC)[C@H]23)[C@@H]14. The van der Waals surface area contributed by atoms with Crippen LogP contribution >= 0.6 is 0 Å². The lowest BCUT2D eigenvalue weighted by Gasteiger charge is -2.68. The molecule has 7 bridgehead atoms. The Kier molecular flexibility index (Phi) is 4.56. The fourth-order valence-electron chi connectivity index (χ4n) is 10.7. The third-order valence-electron chi connectivity index (χ3n) is 11.1. The molecule has 0 amide bonds. The van der Waals surface area contributed by atoms with Gasteiger partial charge in [-0.2, -0.15) is 0 Å². The molecular weight excluding hydrogens is 398 g/mol. The number of likely N-dealkylation sites (tertiary alicyclic amines) is 1. The smallest absolute Gasteiger partial charge is 0.0796 e. The fourth-order valence-corrected chi connectivity index (χ4v) is 10.7. The summed E-state index contributed by atoms with van der Waals surface area (Å²) in [5.74, 6) is -0.168. The number of methoxy groups -OCH3 is 3. The van der Waals surface area contributed by atoms with Crippen molar-refractivity contribution < 1.29 is 29.5 Å². The summed E-state index contributed by atoms with van der Waals surface area (Å²) in [6.07, 6.45) is 1.65. The van der Waals surface area contributed by atoms with Crippen LogP contribution in [0.15, 0.2) is 0 Å². The van der Waals surface area contributed by atoms with Gasteiger partial charge >= 0.3 is 0 Å². The molecule has 7 nitrogen and oxygen atoms in total. The average molecular weight is 438 g/mol. The first-order valence-electron chi connectivity index (χ1n) is 12.2. The van der Waals surface area contributed by atoms with E-state index in [9.17, 15) is 15.3 Å². The van der Waals surface area contributed by atoms with Crippen molar-refractivity contribution in [2.45, 2.75) is 68.7 Å². The molecule has 0 aromatic carbocycles. The van der Waals surface area contributed by atoms with E-state index in [1.807, 2.05) is 0 Å². The second-order valence-corrected chi connectivity index (χ2v) is 11.6. The van der Waals surface area contributed by atoms with Crippen LogP contribution < -0.4 is 0 Å². The van der Waals surface area contributed by atoms with Crippen LogP contribution in [0.4, 0.5) is 0 Å². The molecule has 0 aromatic heterocycles. The monoisotopic (exact) mass is 437 g/mol. The number of ether oxygens (including phenoxy) is 3. The topological polar surface area (TPSA) is 91.6 Å². The molecule has 13 atom stereocenters. The molecule has 176 valence electrons. The van der Waals surface area contributed by atoms with Crippen molar-refractivity contribution in [3.8, 4) is 0 Å². The van der Waals surface area contributed by atoms with Gasteiger partial charge in [-0.3, -0.25) is 4.90 Å². The number of hydrogen-bond donors (Lipinski definition) is 3. The Morgan fingerprint density at radius 1 is 1.10 bits per heavy atom. The first-order chi connectivity index (χ1) is 14.9. The van der Waals surface area contributed by atoms with Crippen molar-refractivity contribution in [1.82, 2.24) is 4.90 Å². The molecule has 3 N–H and O–H groups in total. The minimum atomic E-state index is -1.05. The molecule has 1 saturated heterocycles. The second kappa shape index (κ2) is 6.65. The van der Waals surface area contributed by atoms with Crippen molar-refractivity contribution in [1.29, 1.82) is 0 Å². The van der Waals surface area contributed by atoms with Crippen molar-refractivity contribution in [2.75, 3.05) is 41.0 Å². The number of piperidine rings is 1. The summed E-state index contributed by atoms with van der Waals surface area (Å²) in [6, 6.07) is 0.0561. The molecule has 1 aliphatic heterocycles. The lowest BCUT2D eigenvalue weighted by Crippen LogP contribution is -2.76. The van der Waals surface area contributed by atoms with Crippen molar-refractivity contribution in [2.24, 2.45) is 40.4 Å². The standard InChI is InChI=1S/C24H39NO6/c1-5-25-10-22(11-29-2)7-6-15(26)24-13-8-12-14(30-3)9-23(28,16(13)18(12)27)17(21(24)25)19(31-4)20(22)24/h12-21,26-28H,5-11H2,1-4H3/t12-,13-,14+,15+,16-,17+,18+,19-,20-,21-,22+,23-,24+/m1/s1. The molecule has 5 aliphatic carbocycles. The molecule has 7 heteroatoms. The molecule has 31 heavy (non-hydrogen) atoms. The Morgan fingerprint density at radius 3 is 2.52 bits per heavy atom. The van der Waals surface area contributed by atoms with Crippen LogP contribution in [0.3, 0.4) is 0 Å². The van der Waals surface area contributed by atoms with E-state index >= 15 is 0 Å². The summed E-state index contributed by atoms with van der Waals surface area (Å²) in [4.78, 5) is 2.52. The Labute approximate surface area is 185 Å². The predicted octanol–water partition coefficient (Wildman–Crippen LogP) is 0.502. The molecule has 1 spiro atoms. The van der Waals surface area contributed by atoms with Crippen LogP contribution in [-0.4, -0.2) is 97.3 Å². The molecule has 0 unspecified atom stereocenters. The number of aliphatic hydroxyl groups is 3. The molecular formula is C24H39NO6. The normalized spacial score (nSPS) is 61.6. The maximum Gasteiger partial charge on any atom is 0.0796 e. The van der Waals surface area contributed by atoms with Crippen LogP contribution in [0.5, 0.6) is 0 Å². The van der Waals surface area contributed by atoms with E-state index in [1.165, 1.54) is 0 Å². The number of aliphatic hydroxyl groups excluding tert-OH is 2. The highest BCUT2D eigenvalue weighted by Crippen LogP contribution is 2.79. The molecule has 6 rings (SSSR count). The minimum Gasteiger partial charge on any atom is -0.392 e. The molecule has 6 aliphatic rings. The summed E-state index contributed by atoms with van der Waals surface area (Å²) in [5.41, 5.74) is -1.54. The first kappa shape index (κ1) is 21.3. The Morgan fingerprint density at radius 2 is 1.87 bits per heavy atom. The summed E-state index contributed by atoms with van der Waals surface area (Å²) in [5, 5.41) is 35.7. The van der Waals surface area contributed by atoms with E-state index in [0.29, 0.717) is 13.0 Å². The van der Waals surface area contributed by atoms with Crippen LogP contribution in [0.25, 0.3) is 0 Å². The summed E-state index contributed by atoms with van der Waals surface area (Å²) >= 11 is 0. The largest absolute Gasteiger partial charge is 0.392 e. The number of hydrogen-bond acceptors (Lipinski definition) is 7. The lowest BCUT2D eigenvalue weighted by molar-refractivity contribution is -0.272. The highest BCUT2D eigenvalue weighted by Gasteiger charge is 2.86. The van der Waals surface area contributed by atoms with Crippen molar-refractivity contribution in [3.05, 3.63) is 0 Å². The van der Waals surface area contributed by atoms with Gasteiger partial charge < -0.3 is 29.5 Å². The van der Waals surface area contributed by atoms with Gasteiger partial charge in [0.1, 0.15) is 0 Å². The van der Waals surface area contributed by atoms with Gasteiger partial charge in [0.05, 0.1) is 36.6 Å². The fraction of sp³-hybridized carbons (Fsp3) is 1.00. The predicted molar refractivity (Wildman–Crippen MR) is 112 cm³/mol. The van der Waals surface area contributed by atoms with E-state index in [2.05, 4.69) is 11.8 Å². The zero-order chi connectivity index (χ0) is 21.9. The van der Waals surface area contributed by atoms with Gasteiger partial charge in [0.15, 0.2) is 0 Å². The van der Waals surface area contributed by atoms with Gasteiger partial charge in [-0.05, 0) is 31.7 Å². The van der Waals surface area contributed by atoms with Gasteiger partial charge in [-0.25, -0.2) is 0 Å². The number of fused-ring (bicyclic) bond motifs is 2. The van der Waals surface area contributed by atoms with Crippen LogP contribution in [0.2, 0.25) is 0 Å². The quantitative estimate of drug-likeness (QED) is 0.577. The summed E-state index contributed by atoms with van der Waals surface area (Å²) in [7, 11) is 5.24. The molecule has 1 heterocycles. The maximum atomic E-state index is 12.5. The number of nitrogens with zero attached hydrogens (tertiary/aromatic N) is 1. The first-order valence-corrected chi connectivity index (χ1v) is 12.2. The van der Waals surface area contributed by atoms with E-state index in [0.717, 1.165) is 32.4 Å². The molecule has 5 saturated carbocycles. The molecule has 6 fully saturated rings. The second-order valence-electron chi connectivity index (χ2n) is 11.6. The van der Waals surface area contributed by atoms with E-state index in [1.54, 1.807) is 21.3 Å².